The second-order valence-electron chi connectivity index (χ2n) is 4.62. The summed E-state index contributed by atoms with van der Waals surface area (Å²) in [6.07, 6.45) is -0.843. The Bertz CT molecular complexity index is 653. The fraction of sp³-hybridized carbons (Fsp3) is 0.250. The molecule has 0 aliphatic carbocycles. The van der Waals surface area contributed by atoms with Crippen molar-refractivity contribution in [3.63, 3.8) is 0 Å². The lowest BCUT2D eigenvalue weighted by molar-refractivity contribution is 0.173. The molecule has 0 fully saturated rings. The first-order valence-corrected chi connectivity index (χ1v) is 6.52. The van der Waals surface area contributed by atoms with Crippen LogP contribution in [0, 0.1) is 0 Å². The Balaban J connectivity index is 1.99. The van der Waals surface area contributed by atoms with Gasteiger partial charge >= 0.3 is 0 Å². The highest BCUT2D eigenvalue weighted by Crippen LogP contribution is 2.38. The maximum atomic E-state index is 10.6. The van der Waals surface area contributed by atoms with Crippen molar-refractivity contribution in [2.24, 2.45) is 0 Å². The van der Waals surface area contributed by atoms with Crippen LogP contribution >= 0.6 is 0 Å². The molecule has 1 unspecified atom stereocenters. The van der Waals surface area contributed by atoms with Gasteiger partial charge in [-0.15, -0.1) is 0 Å². The fourth-order valence-electron chi connectivity index (χ4n) is 2.32. The van der Waals surface area contributed by atoms with Gasteiger partial charge in [0, 0.05) is 5.56 Å². The summed E-state index contributed by atoms with van der Waals surface area (Å²) in [6, 6.07) is 10.7. The molecule has 0 saturated carbocycles. The average Bonchev–Trinajstić information content (AvgIpc) is 3.01. The van der Waals surface area contributed by atoms with E-state index in [9.17, 15) is 5.11 Å². The summed E-state index contributed by atoms with van der Waals surface area (Å²) in [5.41, 5.74) is 1.33. The molecular formula is C16H16O5. The first kappa shape index (κ1) is 13.6. The number of hydrogen-bond donors (Lipinski definition) is 1. The minimum absolute atomic E-state index is 0.206. The van der Waals surface area contributed by atoms with Crippen molar-refractivity contribution in [3.8, 4) is 23.0 Å². The van der Waals surface area contributed by atoms with Gasteiger partial charge in [-0.1, -0.05) is 6.07 Å². The minimum Gasteiger partial charge on any atom is -0.497 e. The molecule has 1 heterocycles. The summed E-state index contributed by atoms with van der Waals surface area (Å²) >= 11 is 0. The third-order valence-electron chi connectivity index (χ3n) is 3.44. The Hall–Kier alpha value is -2.40. The third kappa shape index (κ3) is 2.48. The SMILES string of the molecule is COc1ccc(OC)c(C(O)c2ccc3c(c2)OCO3)c1. The zero-order chi connectivity index (χ0) is 14.8. The molecule has 21 heavy (non-hydrogen) atoms. The monoisotopic (exact) mass is 288 g/mol. The second-order valence-corrected chi connectivity index (χ2v) is 4.62. The van der Waals surface area contributed by atoms with Crippen LogP contribution in [-0.4, -0.2) is 26.1 Å². The predicted octanol–water partition coefficient (Wildman–Crippen LogP) is 2.51. The van der Waals surface area contributed by atoms with Gasteiger partial charge in [0.25, 0.3) is 0 Å². The van der Waals surface area contributed by atoms with Gasteiger partial charge in [0.05, 0.1) is 14.2 Å². The zero-order valence-corrected chi connectivity index (χ0v) is 11.8. The van der Waals surface area contributed by atoms with E-state index in [1.165, 1.54) is 0 Å². The van der Waals surface area contributed by atoms with Crippen LogP contribution in [0.5, 0.6) is 23.0 Å². The van der Waals surface area contributed by atoms with Gasteiger partial charge in [0.1, 0.15) is 17.6 Å². The molecule has 5 heteroatoms. The van der Waals surface area contributed by atoms with E-state index in [-0.39, 0.29) is 6.79 Å². The molecule has 110 valence electrons. The molecule has 2 aromatic rings. The van der Waals surface area contributed by atoms with Crippen LogP contribution in [0.2, 0.25) is 0 Å². The molecule has 1 aliphatic heterocycles. The average molecular weight is 288 g/mol. The quantitative estimate of drug-likeness (QED) is 0.936. The van der Waals surface area contributed by atoms with E-state index in [1.807, 2.05) is 0 Å². The first-order chi connectivity index (χ1) is 10.2. The van der Waals surface area contributed by atoms with Crippen LogP contribution in [0.25, 0.3) is 0 Å². The van der Waals surface area contributed by atoms with Crippen molar-refractivity contribution in [2.75, 3.05) is 21.0 Å². The molecule has 3 rings (SSSR count). The molecule has 2 aromatic carbocycles. The largest absolute Gasteiger partial charge is 0.497 e. The Labute approximate surface area is 122 Å². The van der Waals surface area contributed by atoms with Gasteiger partial charge in [-0.05, 0) is 35.9 Å². The Kier molecular flexibility index (Phi) is 3.58. The minimum atomic E-state index is -0.843. The summed E-state index contributed by atoms with van der Waals surface area (Å²) < 4.78 is 21.1. The van der Waals surface area contributed by atoms with Gasteiger partial charge in [0.15, 0.2) is 11.5 Å². The molecule has 0 spiro atoms. The third-order valence-corrected chi connectivity index (χ3v) is 3.44. The molecule has 0 saturated heterocycles. The Morgan fingerprint density at radius 1 is 1.00 bits per heavy atom. The molecule has 5 nitrogen and oxygen atoms in total. The van der Waals surface area contributed by atoms with Crippen LogP contribution in [0.3, 0.4) is 0 Å². The highest BCUT2D eigenvalue weighted by molar-refractivity contribution is 5.49. The number of hydrogen-bond acceptors (Lipinski definition) is 5. The van der Waals surface area contributed by atoms with Crippen molar-refractivity contribution in [1.82, 2.24) is 0 Å². The Morgan fingerprint density at radius 2 is 1.81 bits per heavy atom. The maximum Gasteiger partial charge on any atom is 0.231 e. The molecule has 0 amide bonds. The van der Waals surface area contributed by atoms with Crippen molar-refractivity contribution in [2.45, 2.75) is 6.10 Å². The number of methoxy groups -OCH3 is 2. The molecule has 0 bridgehead atoms. The lowest BCUT2D eigenvalue weighted by Gasteiger charge is -2.16. The number of ether oxygens (including phenoxy) is 4. The number of rotatable bonds is 4. The van der Waals surface area contributed by atoms with Gasteiger partial charge in [-0.25, -0.2) is 0 Å². The molecule has 1 aliphatic rings. The lowest BCUT2D eigenvalue weighted by atomic mass is 10.00. The van der Waals surface area contributed by atoms with Crippen molar-refractivity contribution in [3.05, 3.63) is 47.5 Å². The van der Waals surface area contributed by atoms with Gasteiger partial charge in [-0.2, -0.15) is 0 Å². The highest BCUT2D eigenvalue weighted by atomic mass is 16.7. The molecule has 0 aromatic heterocycles. The maximum absolute atomic E-state index is 10.6. The van der Waals surface area contributed by atoms with Gasteiger partial charge in [0.2, 0.25) is 6.79 Å². The predicted molar refractivity (Wildman–Crippen MR) is 76.2 cm³/mol. The van der Waals surface area contributed by atoms with Gasteiger partial charge < -0.3 is 24.1 Å². The van der Waals surface area contributed by atoms with Crippen LogP contribution in [-0.2, 0) is 0 Å². The normalized spacial score (nSPS) is 13.9. The number of aliphatic hydroxyl groups is 1. The van der Waals surface area contributed by atoms with E-state index in [2.05, 4.69) is 0 Å². The summed E-state index contributed by atoms with van der Waals surface area (Å²) in [5.74, 6) is 2.57. The van der Waals surface area contributed by atoms with Crippen LogP contribution < -0.4 is 18.9 Å². The number of aliphatic hydroxyl groups excluding tert-OH is 1. The van der Waals surface area contributed by atoms with E-state index in [0.29, 0.717) is 34.1 Å². The lowest BCUT2D eigenvalue weighted by Crippen LogP contribution is -2.03. The molecule has 0 radical (unpaired) electrons. The fourth-order valence-corrected chi connectivity index (χ4v) is 2.32. The summed E-state index contributed by atoms with van der Waals surface area (Å²) in [5, 5.41) is 10.6. The van der Waals surface area contributed by atoms with Gasteiger partial charge in [-0.3, -0.25) is 0 Å². The van der Waals surface area contributed by atoms with E-state index in [4.69, 9.17) is 18.9 Å². The Morgan fingerprint density at radius 3 is 2.57 bits per heavy atom. The summed E-state index contributed by atoms with van der Waals surface area (Å²) in [6.45, 7) is 0.206. The summed E-state index contributed by atoms with van der Waals surface area (Å²) in [4.78, 5) is 0. The standard InChI is InChI=1S/C16H16O5/c1-18-11-4-6-13(19-2)12(8-11)16(17)10-3-5-14-15(7-10)21-9-20-14/h3-8,16-17H,9H2,1-2H3. The van der Waals surface area contributed by atoms with Crippen LogP contribution in [0.4, 0.5) is 0 Å². The van der Waals surface area contributed by atoms with E-state index in [1.54, 1.807) is 50.6 Å². The smallest absolute Gasteiger partial charge is 0.231 e. The van der Waals surface area contributed by atoms with Crippen LogP contribution in [0.15, 0.2) is 36.4 Å². The first-order valence-electron chi connectivity index (χ1n) is 6.52. The molecular weight excluding hydrogens is 272 g/mol. The topological polar surface area (TPSA) is 57.2 Å². The second kappa shape index (κ2) is 5.54. The van der Waals surface area contributed by atoms with Crippen molar-refractivity contribution < 1.29 is 24.1 Å². The molecule has 1 N–H and O–H groups in total. The molecule has 1 atom stereocenters. The van der Waals surface area contributed by atoms with Crippen molar-refractivity contribution in [1.29, 1.82) is 0 Å². The van der Waals surface area contributed by atoms with Crippen molar-refractivity contribution >= 4 is 0 Å². The number of fused-ring (bicyclic) bond motifs is 1. The summed E-state index contributed by atoms with van der Waals surface area (Å²) in [7, 11) is 3.15. The van der Waals surface area contributed by atoms with E-state index < -0.39 is 6.10 Å². The van der Waals surface area contributed by atoms with E-state index >= 15 is 0 Å². The van der Waals surface area contributed by atoms with E-state index in [0.717, 1.165) is 0 Å². The zero-order valence-electron chi connectivity index (χ0n) is 11.8. The number of benzene rings is 2. The highest BCUT2D eigenvalue weighted by Gasteiger charge is 2.20. The van der Waals surface area contributed by atoms with Crippen LogP contribution in [0.1, 0.15) is 17.2 Å².